The average molecular weight is 217 g/mol. The van der Waals surface area contributed by atoms with Crippen molar-refractivity contribution in [1.82, 2.24) is 0 Å². The van der Waals surface area contributed by atoms with Gasteiger partial charge < -0.3 is 21.7 Å². The van der Waals surface area contributed by atoms with E-state index in [1.165, 1.54) is 0 Å². The molecule has 2 atom stereocenters. The summed E-state index contributed by atoms with van der Waals surface area (Å²) < 4.78 is 0. The first-order valence-electron chi connectivity index (χ1n) is 4.88. The minimum Gasteiger partial charge on any atom is -0.479 e. The molecule has 0 unspecified atom stereocenters. The lowest BCUT2D eigenvalue weighted by atomic mass is 10.1. The topological polar surface area (TPSA) is 122 Å². The lowest BCUT2D eigenvalue weighted by molar-refractivity contribution is -0.147. The molecule has 0 aliphatic heterocycles. The second-order valence-corrected chi connectivity index (χ2v) is 3.47. The molecule has 0 aromatic carbocycles. The van der Waals surface area contributed by atoms with Gasteiger partial charge in [-0.3, -0.25) is 4.99 Å². The van der Waals surface area contributed by atoms with Gasteiger partial charge in [-0.2, -0.15) is 0 Å². The van der Waals surface area contributed by atoms with Crippen molar-refractivity contribution in [3.8, 4) is 0 Å². The van der Waals surface area contributed by atoms with Gasteiger partial charge in [0.2, 0.25) is 0 Å². The molecular weight excluding hydrogens is 198 g/mol. The van der Waals surface area contributed by atoms with Crippen molar-refractivity contribution in [2.24, 2.45) is 16.5 Å². The van der Waals surface area contributed by atoms with Crippen molar-refractivity contribution < 1.29 is 15.0 Å². The van der Waals surface area contributed by atoms with Gasteiger partial charge in [-0.15, -0.1) is 0 Å². The number of aliphatic hydroxyl groups is 1. The van der Waals surface area contributed by atoms with Gasteiger partial charge in [-0.1, -0.05) is 0 Å². The van der Waals surface area contributed by atoms with Crippen LogP contribution in [0.5, 0.6) is 0 Å². The molecule has 0 spiro atoms. The molecule has 0 aromatic rings. The van der Waals surface area contributed by atoms with Gasteiger partial charge in [0, 0.05) is 12.6 Å². The van der Waals surface area contributed by atoms with Crippen LogP contribution in [0.4, 0.5) is 0 Å². The van der Waals surface area contributed by atoms with Gasteiger partial charge in [-0.25, -0.2) is 4.79 Å². The van der Waals surface area contributed by atoms with Crippen LogP contribution in [0.25, 0.3) is 0 Å². The minimum atomic E-state index is -1.48. The van der Waals surface area contributed by atoms with Gasteiger partial charge in [0.05, 0.1) is 5.84 Å². The number of unbranched alkanes of at least 4 members (excludes halogenated alkanes) is 1. The van der Waals surface area contributed by atoms with Crippen LogP contribution in [-0.4, -0.2) is 40.7 Å². The number of carboxylic acid groups (broad SMARTS) is 1. The zero-order chi connectivity index (χ0) is 11.8. The van der Waals surface area contributed by atoms with E-state index in [4.69, 9.17) is 21.7 Å². The van der Waals surface area contributed by atoms with E-state index < -0.39 is 18.1 Å². The van der Waals surface area contributed by atoms with E-state index in [1.54, 1.807) is 6.92 Å². The summed E-state index contributed by atoms with van der Waals surface area (Å²) in [5, 5.41) is 17.5. The Hall–Kier alpha value is -1.14. The average Bonchev–Trinajstić information content (AvgIpc) is 2.15. The van der Waals surface area contributed by atoms with Gasteiger partial charge in [0.25, 0.3) is 0 Å². The third-order valence-corrected chi connectivity index (χ3v) is 1.97. The first-order chi connectivity index (χ1) is 6.95. The first-order valence-corrected chi connectivity index (χ1v) is 4.88. The Morgan fingerprint density at radius 3 is 2.53 bits per heavy atom. The second kappa shape index (κ2) is 7.19. The number of carboxylic acids is 1. The fourth-order valence-electron chi connectivity index (χ4n) is 1.09. The highest BCUT2D eigenvalue weighted by atomic mass is 16.4. The summed E-state index contributed by atoms with van der Waals surface area (Å²) in [5.41, 5.74) is 10.8. The monoisotopic (exact) mass is 217 g/mol. The summed E-state index contributed by atoms with van der Waals surface area (Å²) >= 11 is 0. The van der Waals surface area contributed by atoms with E-state index in [2.05, 4.69) is 4.99 Å². The van der Waals surface area contributed by atoms with Gasteiger partial charge >= 0.3 is 5.97 Å². The standard InChI is InChI=1S/C9H19N3O3/c1-6(10)12-5-3-2-4-7(11)8(13)9(14)15/h7-8,13H,2-5,11H2,1H3,(H2,10,12)(H,14,15)/t7-,8-/m0/s1. The summed E-state index contributed by atoms with van der Waals surface area (Å²) in [6.07, 6.45) is 0.494. The van der Waals surface area contributed by atoms with Gasteiger partial charge in [0.15, 0.2) is 6.10 Å². The maximum absolute atomic E-state index is 10.4. The van der Waals surface area contributed by atoms with Crippen molar-refractivity contribution in [2.45, 2.75) is 38.3 Å². The molecule has 15 heavy (non-hydrogen) atoms. The zero-order valence-corrected chi connectivity index (χ0v) is 8.89. The Balaban J connectivity index is 3.59. The molecule has 0 aromatic heterocycles. The maximum Gasteiger partial charge on any atom is 0.334 e. The highest BCUT2D eigenvalue weighted by Crippen LogP contribution is 2.03. The number of aliphatic imine (C=N–C) groups is 1. The maximum atomic E-state index is 10.4. The highest BCUT2D eigenvalue weighted by Gasteiger charge is 2.21. The van der Waals surface area contributed by atoms with Crippen LogP contribution in [0, 0.1) is 0 Å². The smallest absolute Gasteiger partial charge is 0.334 e. The normalized spacial score (nSPS) is 16.1. The zero-order valence-electron chi connectivity index (χ0n) is 8.89. The lowest BCUT2D eigenvalue weighted by Gasteiger charge is -2.14. The molecule has 0 saturated carbocycles. The van der Waals surface area contributed by atoms with E-state index in [-0.39, 0.29) is 0 Å². The molecule has 0 saturated heterocycles. The van der Waals surface area contributed by atoms with Crippen molar-refractivity contribution in [2.75, 3.05) is 6.54 Å². The van der Waals surface area contributed by atoms with E-state index in [0.29, 0.717) is 18.8 Å². The quantitative estimate of drug-likeness (QED) is 0.255. The fourth-order valence-corrected chi connectivity index (χ4v) is 1.09. The minimum absolute atomic E-state index is 0.465. The Bertz CT molecular complexity index is 227. The molecule has 0 bridgehead atoms. The number of amidine groups is 1. The van der Waals surface area contributed by atoms with Crippen LogP contribution in [0.1, 0.15) is 26.2 Å². The molecule has 0 heterocycles. The molecule has 88 valence electrons. The van der Waals surface area contributed by atoms with Crippen molar-refractivity contribution in [1.29, 1.82) is 0 Å². The van der Waals surface area contributed by atoms with E-state index in [1.807, 2.05) is 0 Å². The van der Waals surface area contributed by atoms with Crippen LogP contribution in [0.15, 0.2) is 4.99 Å². The summed E-state index contributed by atoms with van der Waals surface area (Å²) in [5.74, 6) is -0.747. The molecule has 0 radical (unpaired) electrons. The van der Waals surface area contributed by atoms with Crippen LogP contribution >= 0.6 is 0 Å². The predicted octanol–water partition coefficient (Wildman–Crippen LogP) is -0.693. The number of carbonyl (C=O) groups is 1. The molecular formula is C9H19N3O3. The Morgan fingerprint density at radius 2 is 2.07 bits per heavy atom. The number of nitrogens with zero attached hydrogens (tertiary/aromatic N) is 1. The fraction of sp³-hybridized carbons (Fsp3) is 0.778. The predicted molar refractivity (Wildman–Crippen MR) is 57.6 cm³/mol. The Kier molecular flexibility index (Phi) is 6.64. The number of hydrogen-bond acceptors (Lipinski definition) is 4. The van der Waals surface area contributed by atoms with Crippen molar-refractivity contribution >= 4 is 11.8 Å². The number of aliphatic hydroxyl groups excluding tert-OH is 1. The third kappa shape index (κ3) is 6.87. The number of hydrogen-bond donors (Lipinski definition) is 4. The van der Waals surface area contributed by atoms with Crippen LogP contribution < -0.4 is 11.5 Å². The number of nitrogens with two attached hydrogens (primary N) is 2. The van der Waals surface area contributed by atoms with Crippen LogP contribution in [0.3, 0.4) is 0 Å². The van der Waals surface area contributed by atoms with Crippen LogP contribution in [-0.2, 0) is 4.79 Å². The van der Waals surface area contributed by atoms with Crippen molar-refractivity contribution in [3.05, 3.63) is 0 Å². The first kappa shape index (κ1) is 13.9. The summed E-state index contributed by atoms with van der Waals surface area (Å²) in [6.45, 7) is 2.32. The molecule has 6 N–H and O–H groups in total. The van der Waals surface area contributed by atoms with E-state index >= 15 is 0 Å². The molecule has 6 nitrogen and oxygen atoms in total. The molecule has 0 amide bonds. The Labute approximate surface area is 89.0 Å². The number of aliphatic carboxylic acids is 1. The van der Waals surface area contributed by atoms with Gasteiger partial charge in [0.1, 0.15) is 0 Å². The molecule has 0 fully saturated rings. The second-order valence-electron chi connectivity index (χ2n) is 3.47. The third-order valence-electron chi connectivity index (χ3n) is 1.97. The van der Waals surface area contributed by atoms with Crippen molar-refractivity contribution in [3.63, 3.8) is 0 Å². The van der Waals surface area contributed by atoms with Gasteiger partial charge in [-0.05, 0) is 26.2 Å². The number of rotatable bonds is 7. The summed E-state index contributed by atoms with van der Waals surface area (Å²) in [4.78, 5) is 14.3. The van der Waals surface area contributed by atoms with Crippen LogP contribution in [0.2, 0.25) is 0 Å². The molecule has 6 heteroatoms. The largest absolute Gasteiger partial charge is 0.479 e. The summed E-state index contributed by atoms with van der Waals surface area (Å²) in [7, 11) is 0. The highest BCUT2D eigenvalue weighted by molar-refractivity contribution is 5.77. The summed E-state index contributed by atoms with van der Waals surface area (Å²) in [6, 6.07) is -0.717. The SMILES string of the molecule is CC(N)=NCCCC[C@H](N)[C@H](O)C(=O)O. The van der Waals surface area contributed by atoms with E-state index in [9.17, 15) is 4.79 Å². The Morgan fingerprint density at radius 1 is 1.47 bits per heavy atom. The molecule has 0 aliphatic carbocycles. The molecule has 0 rings (SSSR count). The lowest BCUT2D eigenvalue weighted by Crippen LogP contribution is -2.40. The molecule has 0 aliphatic rings. The van der Waals surface area contributed by atoms with E-state index in [0.717, 1.165) is 12.8 Å².